The first kappa shape index (κ1) is 6.97. The van der Waals surface area contributed by atoms with Crippen LogP contribution in [0.4, 0.5) is 5.69 Å². The van der Waals surface area contributed by atoms with Crippen molar-refractivity contribution < 1.29 is 4.79 Å². The molecular formula is C8H6INO. The number of benzene rings is 1. The second-order valence-electron chi connectivity index (χ2n) is 2.22. The van der Waals surface area contributed by atoms with Crippen LogP contribution in [0, 0.1) is 0 Å². The van der Waals surface area contributed by atoms with Gasteiger partial charge in [-0.25, -0.2) is 0 Å². The van der Waals surface area contributed by atoms with E-state index in [0.717, 1.165) is 11.3 Å². The minimum absolute atomic E-state index is 0.173. The Morgan fingerprint density at radius 3 is 2.91 bits per heavy atom. The second kappa shape index (κ2) is 2.73. The fraction of sp³-hybridized carbons (Fsp3) is 0. The molecule has 0 fully saturated rings. The normalized spacial score (nSPS) is 14.7. The van der Waals surface area contributed by atoms with Gasteiger partial charge in [-0.15, -0.1) is 0 Å². The molecule has 0 aliphatic carbocycles. The van der Waals surface area contributed by atoms with Crippen molar-refractivity contribution >= 4 is 36.5 Å². The molecule has 0 unspecified atom stereocenters. The lowest BCUT2D eigenvalue weighted by Gasteiger charge is -2.08. The third-order valence-electron chi connectivity index (χ3n) is 1.50. The van der Waals surface area contributed by atoms with Gasteiger partial charge in [0.1, 0.15) is 0 Å². The highest BCUT2D eigenvalue weighted by Crippen LogP contribution is 2.22. The zero-order valence-electron chi connectivity index (χ0n) is 5.67. The number of ketones is 1. The molecule has 56 valence electrons. The lowest BCUT2D eigenvalue weighted by atomic mass is 10.1. The van der Waals surface area contributed by atoms with E-state index >= 15 is 0 Å². The summed E-state index contributed by atoms with van der Waals surface area (Å²) in [5.41, 5.74) is 1.80. The molecule has 0 bridgehead atoms. The van der Waals surface area contributed by atoms with Crippen molar-refractivity contribution in [2.75, 3.05) is 3.53 Å². The summed E-state index contributed by atoms with van der Waals surface area (Å²) >= 11 is -0.239. The molecule has 1 heterocycles. The van der Waals surface area contributed by atoms with Crippen LogP contribution in [0.5, 0.6) is 0 Å². The zero-order valence-corrected chi connectivity index (χ0v) is 7.83. The zero-order chi connectivity index (χ0) is 7.68. The molecule has 0 atom stereocenters. The molecule has 1 aliphatic rings. The van der Waals surface area contributed by atoms with Gasteiger partial charge in [-0.2, -0.15) is 0 Å². The number of carbonyl (C=O) groups is 1. The average Bonchev–Trinajstić information content (AvgIpc) is 2.06. The number of Topliss-reactive ketones (excluding diaryl/α,β-unsaturated/α-hetero) is 1. The van der Waals surface area contributed by atoms with E-state index in [1.807, 2.05) is 24.3 Å². The van der Waals surface area contributed by atoms with Gasteiger partial charge in [0, 0.05) is 30.6 Å². The largest absolute Gasteiger partial charge is 0.333 e. The van der Waals surface area contributed by atoms with Gasteiger partial charge < -0.3 is 3.53 Å². The first-order valence-electron chi connectivity index (χ1n) is 3.23. The molecule has 11 heavy (non-hydrogen) atoms. The molecule has 0 saturated carbocycles. The van der Waals surface area contributed by atoms with E-state index in [1.165, 1.54) is 0 Å². The van der Waals surface area contributed by atoms with Gasteiger partial charge in [-0.05, 0) is 12.1 Å². The van der Waals surface area contributed by atoms with E-state index in [-0.39, 0.29) is 26.8 Å². The fourth-order valence-electron chi connectivity index (χ4n) is 0.975. The van der Waals surface area contributed by atoms with E-state index in [2.05, 4.69) is 3.53 Å². The quantitative estimate of drug-likeness (QED) is 0.570. The number of rotatable bonds is 0. The number of fused-ring (bicyclic) bond motifs is 1. The van der Waals surface area contributed by atoms with Crippen LogP contribution in [0.25, 0.3) is 0 Å². The topological polar surface area (TPSA) is 29.1 Å². The Balaban J connectivity index is 2.59. The van der Waals surface area contributed by atoms with Crippen molar-refractivity contribution in [3.8, 4) is 0 Å². The Bertz CT molecular complexity index is 333. The van der Waals surface area contributed by atoms with Gasteiger partial charge in [0.2, 0.25) is 0 Å². The molecule has 0 saturated heterocycles. The number of halogens is 1. The molecule has 1 aromatic carbocycles. The number of para-hydroxylation sites is 1. The highest BCUT2D eigenvalue weighted by atomic mass is 127. The highest BCUT2D eigenvalue weighted by molar-refractivity contribution is 14.2. The summed E-state index contributed by atoms with van der Waals surface area (Å²) < 4.78 is 4.99. The molecule has 0 spiro atoms. The summed E-state index contributed by atoms with van der Waals surface area (Å²) in [6.45, 7) is 0. The van der Waals surface area contributed by atoms with Gasteiger partial charge in [0.25, 0.3) is 0 Å². The average molecular weight is 259 g/mol. The molecule has 2 rings (SSSR count). The summed E-state index contributed by atoms with van der Waals surface area (Å²) in [5, 5.41) is 0. The number of hydrogen-bond acceptors (Lipinski definition) is 2. The maximum absolute atomic E-state index is 11.2. The van der Waals surface area contributed by atoms with Crippen molar-refractivity contribution in [3.63, 3.8) is 0 Å². The standard InChI is InChI=1S/C8H6INO/c11-8-5-9-10-7-4-2-1-3-6(7)8/h1-5,10H. The monoisotopic (exact) mass is 259 g/mol. The van der Waals surface area contributed by atoms with Crippen molar-refractivity contribution in [2.24, 2.45) is 0 Å². The minimum atomic E-state index is -0.239. The number of nitrogens with one attached hydrogen (secondary N) is 1. The second-order valence-corrected chi connectivity index (χ2v) is 4.01. The molecular weight excluding hydrogens is 253 g/mol. The van der Waals surface area contributed by atoms with E-state index in [9.17, 15) is 4.79 Å². The lowest BCUT2D eigenvalue weighted by Crippen LogP contribution is -2.06. The van der Waals surface area contributed by atoms with E-state index in [0.29, 0.717) is 0 Å². The molecule has 0 amide bonds. The van der Waals surface area contributed by atoms with Gasteiger partial charge in [-0.3, -0.25) is 4.79 Å². The van der Waals surface area contributed by atoms with Crippen LogP contribution in [0.15, 0.2) is 24.3 Å². The summed E-state index contributed by atoms with van der Waals surface area (Å²) in [4.78, 5) is 11.2. The number of carbonyl (C=O) groups excluding carboxylic acids is 1. The van der Waals surface area contributed by atoms with Crippen molar-refractivity contribution in [2.45, 2.75) is 0 Å². The SMILES string of the molecule is O=C1C=INc2ccccc21. The Morgan fingerprint density at radius 2 is 2.09 bits per heavy atom. The minimum Gasteiger partial charge on any atom is -0.333 e. The summed E-state index contributed by atoms with van der Waals surface area (Å²) in [5.74, 6) is 0.173. The van der Waals surface area contributed by atoms with Crippen LogP contribution >= 0.6 is 21.0 Å². The summed E-state index contributed by atoms with van der Waals surface area (Å²) in [6, 6.07) is 7.62. The summed E-state index contributed by atoms with van der Waals surface area (Å²) in [7, 11) is 0. The van der Waals surface area contributed by atoms with Crippen molar-refractivity contribution in [1.29, 1.82) is 0 Å². The Hall–Kier alpha value is -0.710. The van der Waals surface area contributed by atoms with Crippen LogP contribution in [-0.2, 0) is 0 Å². The predicted octanol–water partition coefficient (Wildman–Crippen LogP) is 1.98. The number of anilines is 1. The molecule has 1 N–H and O–H groups in total. The van der Waals surface area contributed by atoms with Crippen LogP contribution in [0.1, 0.15) is 10.4 Å². The van der Waals surface area contributed by atoms with Crippen LogP contribution < -0.4 is 3.53 Å². The fourth-order valence-corrected chi connectivity index (χ4v) is 2.55. The van der Waals surface area contributed by atoms with Crippen molar-refractivity contribution in [3.05, 3.63) is 29.8 Å². The first-order chi connectivity index (χ1) is 5.38. The third kappa shape index (κ3) is 1.20. The Morgan fingerprint density at radius 1 is 1.27 bits per heavy atom. The first-order valence-corrected chi connectivity index (χ1v) is 5.55. The third-order valence-corrected chi connectivity index (χ3v) is 3.27. The molecule has 1 aromatic rings. The van der Waals surface area contributed by atoms with E-state index < -0.39 is 0 Å². The Kier molecular flexibility index (Phi) is 1.73. The smallest absolute Gasteiger partial charge is 0.194 e. The molecule has 0 radical (unpaired) electrons. The number of hydrogen-bond donors (Lipinski definition) is 1. The van der Waals surface area contributed by atoms with Gasteiger partial charge >= 0.3 is 0 Å². The van der Waals surface area contributed by atoms with E-state index in [1.54, 1.807) is 4.01 Å². The van der Waals surface area contributed by atoms with E-state index in [4.69, 9.17) is 0 Å². The van der Waals surface area contributed by atoms with Gasteiger partial charge in [-0.1, -0.05) is 12.1 Å². The summed E-state index contributed by atoms with van der Waals surface area (Å²) in [6.07, 6.45) is 0. The maximum atomic E-state index is 11.2. The molecule has 0 aromatic heterocycles. The van der Waals surface area contributed by atoms with Gasteiger partial charge in [0.15, 0.2) is 5.78 Å². The van der Waals surface area contributed by atoms with Gasteiger partial charge in [0.05, 0.1) is 5.69 Å². The molecule has 3 heteroatoms. The van der Waals surface area contributed by atoms with Crippen molar-refractivity contribution in [1.82, 2.24) is 0 Å². The lowest BCUT2D eigenvalue weighted by molar-refractivity contribution is 0.107. The molecule has 1 aliphatic heterocycles. The van der Waals surface area contributed by atoms with Crippen LogP contribution in [-0.4, -0.2) is 9.79 Å². The predicted molar refractivity (Wildman–Crippen MR) is 54.5 cm³/mol. The molecule has 2 nitrogen and oxygen atoms in total. The highest BCUT2D eigenvalue weighted by Gasteiger charge is 2.10. The van der Waals surface area contributed by atoms with Crippen LogP contribution in [0.3, 0.4) is 0 Å². The Labute approximate surface area is 74.7 Å². The maximum Gasteiger partial charge on any atom is 0.194 e. The van der Waals surface area contributed by atoms with Crippen LogP contribution in [0.2, 0.25) is 0 Å².